The Morgan fingerprint density at radius 1 is 1.10 bits per heavy atom. The predicted octanol–water partition coefficient (Wildman–Crippen LogP) is 4.22. The number of benzene rings is 1. The van der Waals surface area contributed by atoms with Gasteiger partial charge in [-0.2, -0.15) is 0 Å². The van der Waals surface area contributed by atoms with E-state index >= 15 is 0 Å². The average Bonchev–Trinajstić information content (AvgIpc) is 3.47. The molecular formula is C24H31FN4O. The fraction of sp³-hybridized carbons (Fsp3) is 0.583. The Hall–Kier alpha value is -2.05. The number of halogens is 1. The molecule has 2 aliphatic heterocycles. The first-order chi connectivity index (χ1) is 14.7. The van der Waals surface area contributed by atoms with Gasteiger partial charge in [0.05, 0.1) is 5.69 Å². The lowest BCUT2D eigenvalue weighted by molar-refractivity contribution is 0.0449. The van der Waals surface area contributed by atoms with Gasteiger partial charge in [0, 0.05) is 31.9 Å². The molecule has 1 aromatic carbocycles. The van der Waals surface area contributed by atoms with Gasteiger partial charge in [-0.3, -0.25) is 0 Å². The lowest BCUT2D eigenvalue weighted by Crippen LogP contribution is -2.39. The van der Waals surface area contributed by atoms with Crippen LogP contribution in [0.5, 0.6) is 0 Å². The summed E-state index contributed by atoms with van der Waals surface area (Å²) in [6, 6.07) is 10.3. The third-order valence-corrected chi connectivity index (χ3v) is 7.38. The molecule has 1 atom stereocenters. The van der Waals surface area contributed by atoms with Crippen molar-refractivity contribution < 1.29 is 9.13 Å². The predicted molar refractivity (Wildman–Crippen MR) is 116 cm³/mol. The second-order valence-electron chi connectivity index (χ2n) is 9.31. The highest BCUT2D eigenvalue weighted by molar-refractivity contribution is 5.59. The second kappa shape index (κ2) is 8.60. The number of ether oxygens (including phenoxy) is 1. The van der Waals surface area contributed by atoms with Gasteiger partial charge >= 0.3 is 0 Å². The summed E-state index contributed by atoms with van der Waals surface area (Å²) in [5.74, 6) is 2.12. The van der Waals surface area contributed by atoms with Gasteiger partial charge < -0.3 is 15.0 Å². The molecule has 0 unspecified atom stereocenters. The highest BCUT2D eigenvalue weighted by Gasteiger charge is 2.54. The van der Waals surface area contributed by atoms with E-state index in [1.807, 2.05) is 18.2 Å². The van der Waals surface area contributed by atoms with Crippen molar-refractivity contribution >= 4 is 5.82 Å². The van der Waals surface area contributed by atoms with E-state index in [1.54, 1.807) is 6.07 Å². The Balaban J connectivity index is 1.08. The van der Waals surface area contributed by atoms with Gasteiger partial charge in [0.25, 0.3) is 0 Å². The topological polar surface area (TPSA) is 50.3 Å². The Morgan fingerprint density at radius 3 is 2.67 bits per heavy atom. The SMILES string of the molecule is Fc1cccc(-c2ccc(NC[C@@H]3CC34CCN(CC3CCOCC3)CC4)nn2)c1. The number of nitrogens with zero attached hydrogens (tertiary/aromatic N) is 3. The van der Waals surface area contributed by atoms with E-state index in [4.69, 9.17) is 4.74 Å². The molecule has 160 valence electrons. The number of anilines is 1. The summed E-state index contributed by atoms with van der Waals surface area (Å²) in [7, 11) is 0. The molecule has 1 N–H and O–H groups in total. The van der Waals surface area contributed by atoms with E-state index in [1.165, 1.54) is 63.9 Å². The summed E-state index contributed by atoms with van der Waals surface area (Å²) in [6.45, 7) is 6.61. The van der Waals surface area contributed by atoms with Crippen LogP contribution in [0.4, 0.5) is 10.2 Å². The van der Waals surface area contributed by atoms with E-state index in [-0.39, 0.29) is 5.82 Å². The lowest BCUT2D eigenvalue weighted by atomic mass is 9.89. The van der Waals surface area contributed by atoms with E-state index in [2.05, 4.69) is 20.4 Å². The Bertz CT molecular complexity index is 845. The second-order valence-corrected chi connectivity index (χ2v) is 9.31. The quantitative estimate of drug-likeness (QED) is 0.773. The van der Waals surface area contributed by atoms with Crippen molar-refractivity contribution in [1.82, 2.24) is 15.1 Å². The standard InChI is InChI=1S/C24H31FN4O/c25-21-3-1-2-19(14-21)22-4-5-23(28-27-22)26-16-20-15-24(20)8-10-29(11-9-24)17-18-6-12-30-13-7-18/h1-5,14,18,20H,6-13,15-17H2,(H,26,28)/t20-/m0/s1. The Morgan fingerprint density at radius 2 is 1.93 bits per heavy atom. The molecule has 3 fully saturated rings. The zero-order chi connectivity index (χ0) is 20.4. The first-order valence-corrected chi connectivity index (χ1v) is 11.3. The molecule has 1 spiro atoms. The van der Waals surface area contributed by atoms with Gasteiger partial charge in [-0.05, 0) is 86.7 Å². The first kappa shape index (κ1) is 19.9. The van der Waals surface area contributed by atoms with Crippen LogP contribution in [0.3, 0.4) is 0 Å². The molecule has 1 aliphatic carbocycles. The molecule has 0 amide bonds. The molecule has 5 nitrogen and oxygen atoms in total. The van der Waals surface area contributed by atoms with Crippen molar-refractivity contribution in [2.45, 2.75) is 32.1 Å². The van der Waals surface area contributed by atoms with Gasteiger partial charge in [0.15, 0.2) is 0 Å². The number of likely N-dealkylation sites (tertiary alicyclic amines) is 1. The summed E-state index contributed by atoms with van der Waals surface area (Å²) >= 11 is 0. The molecule has 0 radical (unpaired) electrons. The van der Waals surface area contributed by atoms with Crippen LogP contribution < -0.4 is 5.32 Å². The van der Waals surface area contributed by atoms with Crippen molar-refractivity contribution in [2.24, 2.45) is 17.3 Å². The fourth-order valence-corrected chi connectivity index (χ4v) is 5.26. The van der Waals surface area contributed by atoms with E-state index < -0.39 is 0 Å². The maximum absolute atomic E-state index is 13.4. The summed E-state index contributed by atoms with van der Waals surface area (Å²) in [4.78, 5) is 2.68. The van der Waals surface area contributed by atoms with Crippen LogP contribution >= 0.6 is 0 Å². The number of rotatable bonds is 6. The highest BCUT2D eigenvalue weighted by Crippen LogP contribution is 2.59. The van der Waals surface area contributed by atoms with Gasteiger partial charge in [-0.25, -0.2) is 4.39 Å². The lowest BCUT2D eigenvalue weighted by Gasteiger charge is -2.36. The van der Waals surface area contributed by atoms with E-state index in [9.17, 15) is 4.39 Å². The van der Waals surface area contributed by atoms with Crippen molar-refractivity contribution in [3.8, 4) is 11.3 Å². The van der Waals surface area contributed by atoms with Crippen LogP contribution in [-0.2, 0) is 4.74 Å². The summed E-state index contributed by atoms with van der Waals surface area (Å²) in [5.41, 5.74) is 2.00. The molecule has 0 bridgehead atoms. The zero-order valence-corrected chi connectivity index (χ0v) is 17.5. The van der Waals surface area contributed by atoms with Crippen LogP contribution in [0.25, 0.3) is 11.3 Å². The molecule has 1 aromatic heterocycles. The largest absolute Gasteiger partial charge is 0.381 e. The first-order valence-electron chi connectivity index (χ1n) is 11.3. The normalized spacial score (nSPS) is 24.1. The maximum atomic E-state index is 13.4. The summed E-state index contributed by atoms with van der Waals surface area (Å²) in [6.07, 6.45) is 6.44. The zero-order valence-electron chi connectivity index (χ0n) is 17.5. The van der Waals surface area contributed by atoms with Crippen LogP contribution in [0.2, 0.25) is 0 Å². The van der Waals surface area contributed by atoms with Gasteiger partial charge in [-0.15, -0.1) is 10.2 Å². The molecule has 1 saturated carbocycles. The van der Waals surface area contributed by atoms with Gasteiger partial charge in [-0.1, -0.05) is 12.1 Å². The van der Waals surface area contributed by atoms with Crippen LogP contribution in [0.1, 0.15) is 32.1 Å². The van der Waals surface area contributed by atoms with Crippen LogP contribution in [0.15, 0.2) is 36.4 Å². The smallest absolute Gasteiger partial charge is 0.148 e. The average molecular weight is 411 g/mol. The van der Waals surface area contributed by atoms with E-state index in [0.29, 0.717) is 11.1 Å². The van der Waals surface area contributed by atoms with Crippen molar-refractivity contribution in [3.05, 3.63) is 42.2 Å². The number of nitrogens with one attached hydrogen (secondary N) is 1. The molecule has 2 saturated heterocycles. The highest BCUT2D eigenvalue weighted by atomic mass is 19.1. The Labute approximate surface area is 178 Å². The molecule has 3 heterocycles. The number of piperidine rings is 1. The van der Waals surface area contributed by atoms with Crippen LogP contribution in [-0.4, -0.2) is 54.5 Å². The number of aromatic nitrogens is 2. The number of hydrogen-bond donors (Lipinski definition) is 1. The maximum Gasteiger partial charge on any atom is 0.148 e. The minimum Gasteiger partial charge on any atom is -0.381 e. The molecular weight excluding hydrogens is 379 g/mol. The summed E-state index contributed by atoms with van der Waals surface area (Å²) < 4.78 is 18.9. The van der Waals surface area contributed by atoms with Crippen molar-refractivity contribution in [1.29, 1.82) is 0 Å². The molecule has 5 rings (SSSR count). The minimum absolute atomic E-state index is 0.255. The van der Waals surface area contributed by atoms with Gasteiger partial charge in [0.2, 0.25) is 0 Å². The Kier molecular flexibility index (Phi) is 5.70. The molecule has 6 heteroatoms. The minimum atomic E-state index is -0.255. The van der Waals surface area contributed by atoms with Crippen LogP contribution in [0, 0.1) is 23.1 Å². The van der Waals surface area contributed by atoms with Gasteiger partial charge in [0.1, 0.15) is 11.6 Å². The molecule has 30 heavy (non-hydrogen) atoms. The monoisotopic (exact) mass is 410 g/mol. The third-order valence-electron chi connectivity index (χ3n) is 7.38. The van der Waals surface area contributed by atoms with Crippen molar-refractivity contribution in [2.75, 3.05) is 44.7 Å². The molecule has 3 aliphatic rings. The van der Waals surface area contributed by atoms with E-state index in [0.717, 1.165) is 43.0 Å². The number of hydrogen-bond acceptors (Lipinski definition) is 5. The fourth-order valence-electron chi connectivity index (χ4n) is 5.26. The van der Waals surface area contributed by atoms with Crippen molar-refractivity contribution in [3.63, 3.8) is 0 Å². The molecule has 2 aromatic rings. The summed E-state index contributed by atoms with van der Waals surface area (Å²) in [5, 5.41) is 12.0. The third kappa shape index (κ3) is 4.49.